The van der Waals surface area contributed by atoms with Crippen LogP contribution in [0.3, 0.4) is 0 Å². The Morgan fingerprint density at radius 1 is 1.22 bits per heavy atom. The van der Waals surface area contributed by atoms with E-state index < -0.39 is 0 Å². The monoisotopic (exact) mass is 247 g/mol. The first-order valence-electron chi connectivity index (χ1n) is 6.76. The zero-order valence-corrected chi connectivity index (χ0v) is 12.0. The Morgan fingerprint density at radius 2 is 1.83 bits per heavy atom. The van der Waals surface area contributed by atoms with E-state index in [1.165, 1.54) is 5.56 Å². The highest BCUT2D eigenvalue weighted by atomic mass is 16.1. The van der Waals surface area contributed by atoms with E-state index in [1.54, 1.807) is 0 Å². The SMILES string of the molecule is CCC[C@@H](NC(=O)CC(C)(C)C)c1ccccc1. The van der Waals surface area contributed by atoms with Crippen molar-refractivity contribution in [2.75, 3.05) is 0 Å². The molecule has 18 heavy (non-hydrogen) atoms. The van der Waals surface area contributed by atoms with E-state index in [0.717, 1.165) is 12.8 Å². The summed E-state index contributed by atoms with van der Waals surface area (Å²) in [4.78, 5) is 12.0. The Kier molecular flexibility index (Phi) is 5.39. The minimum atomic E-state index is 0.0392. The van der Waals surface area contributed by atoms with Gasteiger partial charge in [-0.15, -0.1) is 0 Å². The van der Waals surface area contributed by atoms with Crippen molar-refractivity contribution in [3.8, 4) is 0 Å². The van der Waals surface area contributed by atoms with E-state index >= 15 is 0 Å². The van der Waals surface area contributed by atoms with Crippen LogP contribution in [0.25, 0.3) is 0 Å². The molecule has 0 heterocycles. The minimum absolute atomic E-state index is 0.0392. The van der Waals surface area contributed by atoms with Crippen LogP contribution in [-0.2, 0) is 4.79 Å². The molecular weight excluding hydrogens is 222 g/mol. The van der Waals surface area contributed by atoms with Gasteiger partial charge in [-0.2, -0.15) is 0 Å². The van der Waals surface area contributed by atoms with Crippen molar-refractivity contribution >= 4 is 5.91 Å². The van der Waals surface area contributed by atoms with Gasteiger partial charge in [0, 0.05) is 6.42 Å². The maximum Gasteiger partial charge on any atom is 0.221 e. The van der Waals surface area contributed by atoms with E-state index in [0.29, 0.717) is 6.42 Å². The average molecular weight is 247 g/mol. The average Bonchev–Trinajstić information content (AvgIpc) is 2.27. The third kappa shape index (κ3) is 5.35. The Hall–Kier alpha value is -1.31. The van der Waals surface area contributed by atoms with Crippen LogP contribution < -0.4 is 5.32 Å². The molecule has 0 saturated carbocycles. The molecule has 1 aromatic rings. The van der Waals surface area contributed by atoms with Crippen molar-refractivity contribution in [3.63, 3.8) is 0 Å². The molecule has 1 amide bonds. The second-order valence-corrected chi connectivity index (χ2v) is 6.06. The smallest absolute Gasteiger partial charge is 0.221 e. The molecule has 100 valence electrons. The van der Waals surface area contributed by atoms with E-state index in [2.05, 4.69) is 45.1 Å². The Labute approximate surface area is 111 Å². The van der Waals surface area contributed by atoms with Crippen LogP contribution in [0.2, 0.25) is 0 Å². The molecule has 0 saturated heterocycles. The number of hydrogen-bond acceptors (Lipinski definition) is 1. The molecule has 1 rings (SSSR count). The molecule has 0 aliphatic rings. The van der Waals surface area contributed by atoms with Crippen LogP contribution in [0.15, 0.2) is 30.3 Å². The molecule has 0 aromatic heterocycles. The first kappa shape index (κ1) is 14.7. The Bertz CT molecular complexity index is 364. The van der Waals surface area contributed by atoms with Crippen LogP contribution in [0.4, 0.5) is 0 Å². The highest BCUT2D eigenvalue weighted by molar-refractivity contribution is 5.77. The van der Waals surface area contributed by atoms with Gasteiger partial charge in [0.1, 0.15) is 0 Å². The maximum atomic E-state index is 12.0. The lowest BCUT2D eigenvalue weighted by molar-refractivity contribution is -0.123. The van der Waals surface area contributed by atoms with Gasteiger partial charge >= 0.3 is 0 Å². The standard InChI is InChI=1S/C16H25NO/c1-5-9-14(13-10-7-6-8-11-13)17-15(18)12-16(2,3)4/h6-8,10-11,14H,5,9,12H2,1-4H3,(H,17,18)/t14-/m1/s1. The van der Waals surface area contributed by atoms with Gasteiger partial charge < -0.3 is 5.32 Å². The summed E-state index contributed by atoms with van der Waals surface area (Å²) in [6, 6.07) is 10.4. The van der Waals surface area contributed by atoms with Crippen molar-refractivity contribution < 1.29 is 4.79 Å². The van der Waals surface area contributed by atoms with Crippen molar-refractivity contribution in [2.24, 2.45) is 5.41 Å². The molecule has 0 fully saturated rings. The zero-order chi connectivity index (χ0) is 13.6. The third-order valence-electron chi connectivity index (χ3n) is 2.81. The van der Waals surface area contributed by atoms with Gasteiger partial charge in [0.15, 0.2) is 0 Å². The summed E-state index contributed by atoms with van der Waals surface area (Å²) in [6.07, 6.45) is 2.62. The molecule has 0 bridgehead atoms. The second kappa shape index (κ2) is 6.58. The largest absolute Gasteiger partial charge is 0.349 e. The van der Waals surface area contributed by atoms with Crippen LogP contribution >= 0.6 is 0 Å². The van der Waals surface area contributed by atoms with E-state index in [-0.39, 0.29) is 17.4 Å². The molecule has 2 heteroatoms. The summed E-state index contributed by atoms with van der Waals surface area (Å²) in [5.41, 5.74) is 1.24. The number of rotatable bonds is 5. The number of carbonyl (C=O) groups is 1. The summed E-state index contributed by atoms with van der Waals surface area (Å²) >= 11 is 0. The lowest BCUT2D eigenvalue weighted by atomic mass is 9.91. The molecule has 1 aromatic carbocycles. The van der Waals surface area contributed by atoms with Gasteiger partial charge in [-0.1, -0.05) is 64.4 Å². The highest BCUT2D eigenvalue weighted by Gasteiger charge is 2.19. The van der Waals surface area contributed by atoms with Gasteiger partial charge in [0.25, 0.3) is 0 Å². The fraction of sp³-hybridized carbons (Fsp3) is 0.562. The molecular formula is C16H25NO. The Morgan fingerprint density at radius 3 is 2.33 bits per heavy atom. The summed E-state index contributed by atoms with van der Waals surface area (Å²) < 4.78 is 0. The fourth-order valence-electron chi connectivity index (χ4n) is 2.02. The zero-order valence-electron chi connectivity index (χ0n) is 12.0. The van der Waals surface area contributed by atoms with Crippen LogP contribution in [0, 0.1) is 5.41 Å². The Balaban J connectivity index is 2.67. The van der Waals surface area contributed by atoms with Gasteiger partial charge in [-0.3, -0.25) is 4.79 Å². The van der Waals surface area contributed by atoms with Crippen molar-refractivity contribution in [1.29, 1.82) is 0 Å². The summed E-state index contributed by atoms with van der Waals surface area (Å²) in [7, 11) is 0. The molecule has 0 aliphatic heterocycles. The van der Waals surface area contributed by atoms with E-state index in [1.807, 2.05) is 18.2 Å². The number of carbonyl (C=O) groups excluding carboxylic acids is 1. The predicted molar refractivity (Wildman–Crippen MR) is 76.3 cm³/mol. The van der Waals surface area contributed by atoms with Gasteiger partial charge in [0.05, 0.1) is 6.04 Å². The highest BCUT2D eigenvalue weighted by Crippen LogP contribution is 2.22. The number of benzene rings is 1. The molecule has 2 nitrogen and oxygen atoms in total. The van der Waals surface area contributed by atoms with E-state index in [9.17, 15) is 4.79 Å². The molecule has 0 unspecified atom stereocenters. The fourth-order valence-corrected chi connectivity index (χ4v) is 2.02. The molecule has 1 N–H and O–H groups in total. The lowest BCUT2D eigenvalue weighted by Gasteiger charge is -2.22. The van der Waals surface area contributed by atoms with Crippen molar-refractivity contribution in [3.05, 3.63) is 35.9 Å². The predicted octanol–water partition coefficient (Wildman–Crippen LogP) is 4.08. The third-order valence-corrected chi connectivity index (χ3v) is 2.81. The normalized spacial score (nSPS) is 13.1. The topological polar surface area (TPSA) is 29.1 Å². The van der Waals surface area contributed by atoms with Crippen LogP contribution in [-0.4, -0.2) is 5.91 Å². The number of amides is 1. The first-order valence-corrected chi connectivity index (χ1v) is 6.76. The quantitative estimate of drug-likeness (QED) is 0.834. The maximum absolute atomic E-state index is 12.0. The molecule has 0 radical (unpaired) electrons. The summed E-state index contributed by atoms with van der Waals surface area (Å²) in [5, 5.41) is 3.15. The molecule has 0 aliphatic carbocycles. The minimum Gasteiger partial charge on any atom is -0.349 e. The van der Waals surface area contributed by atoms with E-state index in [4.69, 9.17) is 0 Å². The van der Waals surface area contributed by atoms with Gasteiger partial charge in [-0.25, -0.2) is 0 Å². The van der Waals surface area contributed by atoms with Crippen molar-refractivity contribution in [1.82, 2.24) is 5.32 Å². The summed E-state index contributed by atoms with van der Waals surface area (Å²) in [6.45, 7) is 8.41. The number of nitrogens with one attached hydrogen (secondary N) is 1. The van der Waals surface area contributed by atoms with Crippen LogP contribution in [0.1, 0.15) is 58.6 Å². The van der Waals surface area contributed by atoms with Gasteiger partial charge in [0.2, 0.25) is 5.91 Å². The second-order valence-electron chi connectivity index (χ2n) is 6.06. The molecule has 1 atom stereocenters. The van der Waals surface area contributed by atoms with Gasteiger partial charge in [-0.05, 0) is 17.4 Å². The van der Waals surface area contributed by atoms with Crippen molar-refractivity contribution in [2.45, 2.75) is 53.0 Å². The number of hydrogen-bond donors (Lipinski definition) is 1. The summed E-state index contributed by atoms with van der Waals surface area (Å²) in [5.74, 6) is 0.143. The lowest BCUT2D eigenvalue weighted by Crippen LogP contribution is -2.31. The first-order chi connectivity index (χ1) is 8.42. The molecule has 0 spiro atoms. The van der Waals surface area contributed by atoms with Crippen LogP contribution in [0.5, 0.6) is 0 Å².